The fourth-order valence-corrected chi connectivity index (χ4v) is 2.44. The van der Waals surface area contributed by atoms with E-state index < -0.39 is 17.7 Å². The van der Waals surface area contributed by atoms with Gasteiger partial charge in [-0.15, -0.1) is 0 Å². The Morgan fingerprint density at radius 2 is 2.00 bits per heavy atom. The summed E-state index contributed by atoms with van der Waals surface area (Å²) in [4.78, 5) is 11.1. The zero-order valence-electron chi connectivity index (χ0n) is 13.4. The quantitative estimate of drug-likeness (QED) is 0.547. The van der Waals surface area contributed by atoms with Crippen LogP contribution in [0.15, 0.2) is 47.6 Å². The number of rotatable bonds is 4. The Balaban J connectivity index is 1.68. The van der Waals surface area contributed by atoms with E-state index in [1.54, 1.807) is 0 Å². The molecular weight excluding hydrogens is 368 g/mol. The molecule has 27 heavy (non-hydrogen) atoms. The molecule has 0 aliphatic heterocycles. The average Bonchev–Trinajstić information content (AvgIpc) is 3.29. The van der Waals surface area contributed by atoms with Crippen LogP contribution in [0.5, 0.6) is 0 Å². The number of benzene rings is 1. The summed E-state index contributed by atoms with van der Waals surface area (Å²) >= 11 is 0. The maximum Gasteiger partial charge on any atom is 0.435 e. The van der Waals surface area contributed by atoms with Crippen molar-refractivity contribution in [2.75, 3.05) is 5.32 Å². The lowest BCUT2D eigenvalue weighted by molar-refractivity contribution is -0.141. The van der Waals surface area contributed by atoms with E-state index in [4.69, 9.17) is 4.42 Å². The Bertz CT molecular complexity index is 1090. The van der Waals surface area contributed by atoms with Crippen LogP contribution in [-0.2, 0) is 12.7 Å². The number of aromatic nitrogens is 5. The lowest BCUT2D eigenvalue weighted by Gasteiger charge is -2.09. The summed E-state index contributed by atoms with van der Waals surface area (Å²) in [7, 11) is 0. The van der Waals surface area contributed by atoms with Crippen molar-refractivity contribution in [1.82, 2.24) is 24.6 Å². The highest BCUT2D eigenvalue weighted by atomic mass is 19.4. The smallest absolute Gasteiger partial charge is 0.435 e. The van der Waals surface area contributed by atoms with E-state index in [9.17, 15) is 17.6 Å². The third-order valence-corrected chi connectivity index (χ3v) is 3.72. The number of alkyl halides is 3. The number of hydrogen-bond acceptors (Lipinski definition) is 6. The third kappa shape index (κ3) is 3.30. The van der Waals surface area contributed by atoms with Gasteiger partial charge in [0.05, 0.1) is 36.5 Å². The van der Waals surface area contributed by atoms with Crippen LogP contribution in [-0.4, -0.2) is 24.6 Å². The van der Waals surface area contributed by atoms with Crippen LogP contribution in [0, 0.1) is 5.82 Å². The van der Waals surface area contributed by atoms with Crippen LogP contribution in [0.4, 0.5) is 23.2 Å². The van der Waals surface area contributed by atoms with E-state index in [1.165, 1.54) is 37.0 Å². The van der Waals surface area contributed by atoms with Gasteiger partial charge in [0.1, 0.15) is 11.6 Å². The average molecular weight is 378 g/mol. The van der Waals surface area contributed by atoms with Gasteiger partial charge in [-0.1, -0.05) is 0 Å². The summed E-state index contributed by atoms with van der Waals surface area (Å²) in [5.74, 6) is -0.196. The van der Waals surface area contributed by atoms with Crippen molar-refractivity contribution in [3.05, 3.63) is 60.5 Å². The summed E-state index contributed by atoms with van der Waals surface area (Å²) in [6.45, 7) is 0.211. The number of anilines is 1. The first-order valence-corrected chi connectivity index (χ1v) is 7.61. The molecule has 0 unspecified atom stereocenters. The zero-order valence-corrected chi connectivity index (χ0v) is 13.4. The molecule has 0 aliphatic carbocycles. The van der Waals surface area contributed by atoms with Gasteiger partial charge in [-0.2, -0.15) is 22.8 Å². The first kappa shape index (κ1) is 16.9. The van der Waals surface area contributed by atoms with Crippen molar-refractivity contribution in [2.45, 2.75) is 12.7 Å². The normalized spacial score (nSPS) is 11.9. The van der Waals surface area contributed by atoms with Crippen molar-refractivity contribution >= 4 is 11.5 Å². The topological polar surface area (TPSA) is 81.1 Å². The molecule has 0 radical (unpaired) electrons. The van der Waals surface area contributed by atoms with E-state index in [2.05, 4.69) is 25.4 Å². The minimum Gasteiger partial charge on any atom is -0.447 e. The number of oxazole rings is 1. The fraction of sp³-hybridized carbons (Fsp3) is 0.125. The molecule has 7 nitrogen and oxygen atoms in total. The lowest BCUT2D eigenvalue weighted by atomic mass is 10.1. The number of imidazole rings is 1. The predicted octanol–water partition coefficient (Wildman–Crippen LogP) is 3.55. The number of nitrogens with zero attached hydrogens (tertiary/aromatic N) is 5. The molecule has 3 heterocycles. The van der Waals surface area contributed by atoms with Crippen molar-refractivity contribution in [3.8, 4) is 11.3 Å². The second-order valence-electron chi connectivity index (χ2n) is 5.51. The summed E-state index contributed by atoms with van der Waals surface area (Å²) < 4.78 is 58.5. The summed E-state index contributed by atoms with van der Waals surface area (Å²) in [6, 6.07) is 4.20. The Hall–Kier alpha value is -3.50. The minimum atomic E-state index is -4.62. The molecule has 0 amide bonds. The van der Waals surface area contributed by atoms with Gasteiger partial charge in [0.25, 0.3) is 5.78 Å². The highest BCUT2D eigenvalue weighted by Crippen LogP contribution is 2.29. The molecule has 11 heteroatoms. The SMILES string of the molecule is Fc1ccc(-c2cnc3nc(C(F)(F)F)cnn23)cc1NCc1cnco1. The van der Waals surface area contributed by atoms with Gasteiger partial charge >= 0.3 is 6.18 Å². The van der Waals surface area contributed by atoms with Gasteiger partial charge in [-0.05, 0) is 18.2 Å². The van der Waals surface area contributed by atoms with Crippen LogP contribution >= 0.6 is 0 Å². The van der Waals surface area contributed by atoms with Crippen LogP contribution < -0.4 is 5.32 Å². The van der Waals surface area contributed by atoms with E-state index in [0.29, 0.717) is 23.2 Å². The van der Waals surface area contributed by atoms with Crippen molar-refractivity contribution < 1.29 is 22.0 Å². The Kier molecular flexibility index (Phi) is 3.98. The van der Waals surface area contributed by atoms with Crippen LogP contribution in [0.25, 0.3) is 17.0 Å². The highest BCUT2D eigenvalue weighted by Gasteiger charge is 2.33. The number of hydrogen-bond donors (Lipinski definition) is 1. The highest BCUT2D eigenvalue weighted by molar-refractivity contribution is 5.67. The number of fused-ring (bicyclic) bond motifs is 1. The maximum absolute atomic E-state index is 14.1. The molecule has 138 valence electrons. The van der Waals surface area contributed by atoms with Gasteiger partial charge in [-0.25, -0.2) is 19.3 Å². The van der Waals surface area contributed by atoms with Crippen LogP contribution in [0.2, 0.25) is 0 Å². The molecule has 0 saturated carbocycles. The number of halogens is 4. The van der Waals surface area contributed by atoms with Crippen molar-refractivity contribution in [2.24, 2.45) is 0 Å². The second kappa shape index (κ2) is 6.34. The molecule has 0 saturated heterocycles. The van der Waals surface area contributed by atoms with E-state index >= 15 is 0 Å². The van der Waals surface area contributed by atoms with Gasteiger partial charge in [0, 0.05) is 5.56 Å². The molecule has 4 aromatic rings. The number of nitrogens with one attached hydrogen (secondary N) is 1. The van der Waals surface area contributed by atoms with Crippen molar-refractivity contribution in [1.29, 1.82) is 0 Å². The van der Waals surface area contributed by atoms with E-state index in [0.717, 1.165) is 4.52 Å². The van der Waals surface area contributed by atoms with Gasteiger partial charge < -0.3 is 9.73 Å². The Morgan fingerprint density at radius 3 is 2.74 bits per heavy atom. The zero-order chi connectivity index (χ0) is 19.0. The first-order valence-electron chi connectivity index (χ1n) is 7.61. The Morgan fingerprint density at radius 1 is 1.15 bits per heavy atom. The second-order valence-corrected chi connectivity index (χ2v) is 5.51. The monoisotopic (exact) mass is 378 g/mol. The molecular formula is C16H10F4N6O. The minimum absolute atomic E-state index is 0.179. The van der Waals surface area contributed by atoms with Crippen molar-refractivity contribution in [3.63, 3.8) is 0 Å². The molecule has 0 bridgehead atoms. The molecule has 0 fully saturated rings. The largest absolute Gasteiger partial charge is 0.447 e. The fourth-order valence-electron chi connectivity index (χ4n) is 2.44. The summed E-state index contributed by atoms with van der Waals surface area (Å²) in [5.41, 5.74) is -0.0913. The standard InChI is InChI=1S/C16H10F4N6O/c17-11-2-1-9(3-12(11)22-5-10-4-21-8-27-10)13-6-23-15-25-14(16(18,19)20)7-24-26(13)15/h1-4,6-8,22H,5H2. The maximum atomic E-state index is 14.1. The molecule has 3 aromatic heterocycles. The van der Waals surface area contributed by atoms with Gasteiger partial charge in [0.2, 0.25) is 0 Å². The molecule has 0 aliphatic rings. The molecule has 0 spiro atoms. The summed E-state index contributed by atoms with van der Waals surface area (Å²) in [5, 5.41) is 6.63. The van der Waals surface area contributed by atoms with E-state index in [-0.39, 0.29) is 18.0 Å². The van der Waals surface area contributed by atoms with Gasteiger partial charge in [-0.3, -0.25) is 0 Å². The predicted molar refractivity (Wildman–Crippen MR) is 85.0 cm³/mol. The molecule has 4 rings (SSSR count). The van der Waals surface area contributed by atoms with Gasteiger partial charge in [0.15, 0.2) is 12.1 Å². The Labute approximate surface area is 148 Å². The molecule has 1 aromatic carbocycles. The third-order valence-electron chi connectivity index (χ3n) is 3.72. The summed E-state index contributed by atoms with van der Waals surface area (Å²) in [6.07, 6.45) is 0.0748. The molecule has 1 N–H and O–H groups in total. The first-order chi connectivity index (χ1) is 12.9. The van der Waals surface area contributed by atoms with Crippen LogP contribution in [0.1, 0.15) is 11.5 Å². The van der Waals surface area contributed by atoms with E-state index in [1.807, 2.05) is 0 Å². The van der Waals surface area contributed by atoms with Crippen LogP contribution in [0.3, 0.4) is 0 Å². The lowest BCUT2D eigenvalue weighted by Crippen LogP contribution is -2.11. The molecule has 0 atom stereocenters.